The summed E-state index contributed by atoms with van der Waals surface area (Å²) in [4.78, 5) is 19.6. The van der Waals surface area contributed by atoms with Crippen molar-refractivity contribution in [2.75, 3.05) is 19.6 Å². The van der Waals surface area contributed by atoms with Crippen LogP contribution in [-0.4, -0.2) is 46.0 Å². The topological polar surface area (TPSA) is 50.2 Å². The fraction of sp³-hybridized carbons (Fsp3) is 0.455. The van der Waals surface area contributed by atoms with Crippen LogP contribution in [0.3, 0.4) is 0 Å². The lowest BCUT2D eigenvalue weighted by Gasteiger charge is -2.19. The summed E-state index contributed by atoms with van der Waals surface area (Å²) in [5, 5.41) is 7.00. The van der Waals surface area contributed by atoms with Crippen LogP contribution in [0.15, 0.2) is 35.7 Å². The summed E-state index contributed by atoms with van der Waals surface area (Å²) in [6.07, 6.45) is 2.06. The smallest absolute Gasteiger partial charge is 0.270 e. The lowest BCUT2D eigenvalue weighted by atomic mass is 10.1. The second-order valence-electron chi connectivity index (χ2n) is 7.23. The number of hydrogen-bond acceptors (Lipinski definition) is 4. The third-order valence-corrected chi connectivity index (χ3v) is 6.16. The molecule has 2 heterocycles. The van der Waals surface area contributed by atoms with Gasteiger partial charge in [0, 0.05) is 29.4 Å². The minimum Gasteiger partial charge on any atom is -0.348 e. The highest BCUT2D eigenvalue weighted by molar-refractivity contribution is 7.13. The number of aromatic nitrogens is 2. The molecule has 1 unspecified atom stereocenters. The van der Waals surface area contributed by atoms with Crippen LogP contribution in [0.4, 0.5) is 0 Å². The third-order valence-electron chi connectivity index (χ3n) is 5.29. The molecule has 1 N–H and O–H groups in total. The molecule has 0 saturated carbocycles. The van der Waals surface area contributed by atoms with E-state index in [1.165, 1.54) is 22.2 Å². The van der Waals surface area contributed by atoms with Gasteiger partial charge in [0.05, 0.1) is 5.69 Å². The van der Waals surface area contributed by atoms with Crippen LogP contribution in [0, 0.1) is 0 Å². The van der Waals surface area contributed by atoms with Crippen molar-refractivity contribution in [2.24, 2.45) is 7.05 Å². The Morgan fingerprint density at radius 1 is 1.29 bits per heavy atom. The quantitative estimate of drug-likeness (QED) is 0.576. The molecule has 0 radical (unpaired) electrons. The van der Waals surface area contributed by atoms with E-state index >= 15 is 0 Å². The van der Waals surface area contributed by atoms with Crippen molar-refractivity contribution in [3.8, 4) is 10.7 Å². The number of thiazole rings is 1. The van der Waals surface area contributed by atoms with Gasteiger partial charge in [0.2, 0.25) is 0 Å². The molecule has 150 valence electrons. The molecule has 6 heteroatoms. The molecule has 3 rings (SSSR count). The van der Waals surface area contributed by atoms with Gasteiger partial charge in [-0.1, -0.05) is 32.0 Å². The van der Waals surface area contributed by atoms with Gasteiger partial charge in [0.1, 0.15) is 10.7 Å². The Morgan fingerprint density at radius 3 is 2.75 bits per heavy atom. The monoisotopic (exact) mass is 398 g/mol. The maximum Gasteiger partial charge on any atom is 0.270 e. The molecule has 0 fully saturated rings. The Kier molecular flexibility index (Phi) is 6.86. The number of carbonyl (C=O) groups excluding carboxylic acids is 1. The molecule has 0 aliphatic carbocycles. The zero-order chi connectivity index (χ0) is 20.1. The van der Waals surface area contributed by atoms with Crippen LogP contribution >= 0.6 is 11.3 Å². The molecular weight excluding hydrogens is 368 g/mol. The molecule has 0 bridgehead atoms. The molecule has 3 aromatic rings. The zero-order valence-electron chi connectivity index (χ0n) is 17.2. The number of benzene rings is 1. The van der Waals surface area contributed by atoms with Gasteiger partial charge < -0.3 is 14.8 Å². The summed E-state index contributed by atoms with van der Waals surface area (Å²) < 4.78 is 2.13. The largest absolute Gasteiger partial charge is 0.348 e. The molecule has 0 saturated heterocycles. The van der Waals surface area contributed by atoms with E-state index in [4.69, 9.17) is 0 Å². The molecular formula is C22H30N4OS. The predicted molar refractivity (Wildman–Crippen MR) is 118 cm³/mol. The summed E-state index contributed by atoms with van der Waals surface area (Å²) in [5.74, 6) is -0.0865. The molecule has 0 spiro atoms. The van der Waals surface area contributed by atoms with Gasteiger partial charge in [0.15, 0.2) is 0 Å². The predicted octanol–water partition coefficient (Wildman–Crippen LogP) is 4.54. The van der Waals surface area contributed by atoms with Gasteiger partial charge >= 0.3 is 0 Å². The van der Waals surface area contributed by atoms with Gasteiger partial charge in [-0.25, -0.2) is 4.98 Å². The number of aryl methyl sites for hydroxylation is 1. The molecule has 28 heavy (non-hydrogen) atoms. The van der Waals surface area contributed by atoms with Crippen LogP contribution in [-0.2, 0) is 7.05 Å². The van der Waals surface area contributed by atoms with Crippen LogP contribution in [0.5, 0.6) is 0 Å². The first-order valence-electron chi connectivity index (χ1n) is 10.1. The molecule has 1 aromatic carbocycles. The summed E-state index contributed by atoms with van der Waals surface area (Å²) in [6.45, 7) is 9.67. The van der Waals surface area contributed by atoms with Crippen LogP contribution in [0.1, 0.15) is 44.1 Å². The normalized spacial score (nSPS) is 12.6. The number of para-hydroxylation sites is 1. The zero-order valence-corrected chi connectivity index (χ0v) is 18.1. The lowest BCUT2D eigenvalue weighted by molar-refractivity contribution is 0.0933. The van der Waals surface area contributed by atoms with E-state index in [-0.39, 0.29) is 11.9 Å². The maximum atomic E-state index is 12.6. The van der Waals surface area contributed by atoms with E-state index in [2.05, 4.69) is 58.7 Å². The Labute approximate surface area is 171 Å². The molecule has 1 atom stereocenters. The fourth-order valence-electron chi connectivity index (χ4n) is 3.52. The van der Waals surface area contributed by atoms with Crippen molar-refractivity contribution < 1.29 is 4.79 Å². The van der Waals surface area contributed by atoms with E-state index in [0.717, 1.165) is 43.2 Å². The van der Waals surface area contributed by atoms with Crippen molar-refractivity contribution in [3.05, 3.63) is 41.4 Å². The van der Waals surface area contributed by atoms with Gasteiger partial charge in [-0.3, -0.25) is 4.79 Å². The summed E-state index contributed by atoms with van der Waals surface area (Å²) in [6, 6.07) is 10.5. The van der Waals surface area contributed by atoms with Gasteiger partial charge in [-0.2, -0.15) is 0 Å². The Bertz CT molecular complexity index is 926. The second kappa shape index (κ2) is 9.34. The molecule has 5 nitrogen and oxygen atoms in total. The fourth-order valence-corrected chi connectivity index (χ4v) is 4.37. The van der Waals surface area contributed by atoms with Crippen LogP contribution in [0.2, 0.25) is 0 Å². The Balaban J connectivity index is 1.61. The van der Waals surface area contributed by atoms with Crippen molar-refractivity contribution in [3.63, 3.8) is 0 Å². The SMILES string of the molecule is CCN(CC)CCCC(C)NC(=O)c1csc(-c2cc3ccccc3n2C)n1. The Morgan fingerprint density at radius 2 is 2.04 bits per heavy atom. The number of amides is 1. The van der Waals surface area contributed by atoms with Crippen molar-refractivity contribution in [1.29, 1.82) is 0 Å². The Hall–Kier alpha value is -2.18. The number of hydrogen-bond donors (Lipinski definition) is 1. The highest BCUT2D eigenvalue weighted by atomic mass is 32.1. The minimum atomic E-state index is -0.0865. The van der Waals surface area contributed by atoms with Crippen molar-refractivity contribution in [2.45, 2.75) is 39.7 Å². The van der Waals surface area contributed by atoms with Crippen molar-refractivity contribution in [1.82, 2.24) is 19.8 Å². The summed E-state index contributed by atoms with van der Waals surface area (Å²) in [5.41, 5.74) is 2.71. The summed E-state index contributed by atoms with van der Waals surface area (Å²) >= 11 is 1.52. The number of fused-ring (bicyclic) bond motifs is 1. The van der Waals surface area contributed by atoms with E-state index in [1.54, 1.807) is 0 Å². The first-order chi connectivity index (χ1) is 13.5. The highest BCUT2D eigenvalue weighted by Crippen LogP contribution is 2.29. The van der Waals surface area contributed by atoms with Gasteiger partial charge in [-0.15, -0.1) is 11.3 Å². The first-order valence-corrected chi connectivity index (χ1v) is 10.9. The van der Waals surface area contributed by atoms with Gasteiger partial charge in [-0.05, 0) is 51.5 Å². The number of carbonyl (C=O) groups is 1. The molecule has 0 aliphatic heterocycles. The number of nitrogens with one attached hydrogen (secondary N) is 1. The molecule has 2 aromatic heterocycles. The highest BCUT2D eigenvalue weighted by Gasteiger charge is 2.16. The van der Waals surface area contributed by atoms with Crippen LogP contribution in [0.25, 0.3) is 21.6 Å². The average molecular weight is 399 g/mol. The first kappa shape index (κ1) is 20.6. The van der Waals surface area contributed by atoms with E-state index in [0.29, 0.717) is 5.69 Å². The lowest BCUT2D eigenvalue weighted by Crippen LogP contribution is -2.33. The average Bonchev–Trinajstić information content (AvgIpc) is 3.31. The molecule has 1 amide bonds. The van der Waals surface area contributed by atoms with Gasteiger partial charge in [0.25, 0.3) is 5.91 Å². The third kappa shape index (κ3) is 4.62. The van der Waals surface area contributed by atoms with E-state index < -0.39 is 0 Å². The van der Waals surface area contributed by atoms with Crippen molar-refractivity contribution >= 4 is 28.1 Å². The minimum absolute atomic E-state index is 0.0865. The number of nitrogens with zero attached hydrogens (tertiary/aromatic N) is 3. The summed E-state index contributed by atoms with van der Waals surface area (Å²) in [7, 11) is 2.04. The second-order valence-corrected chi connectivity index (χ2v) is 8.09. The maximum absolute atomic E-state index is 12.6. The number of rotatable bonds is 9. The standard InChI is InChI=1S/C22H30N4OS/c1-5-26(6-2)13-9-10-16(3)23-21(27)18-15-28-22(24-18)20-14-17-11-7-8-12-19(17)25(20)4/h7-8,11-12,14-16H,5-6,9-10,13H2,1-4H3,(H,23,27). The molecule has 0 aliphatic rings. The van der Waals surface area contributed by atoms with E-state index in [1.807, 2.05) is 24.6 Å². The van der Waals surface area contributed by atoms with Crippen LogP contribution < -0.4 is 5.32 Å². The van der Waals surface area contributed by atoms with E-state index in [9.17, 15) is 4.79 Å².